The van der Waals surface area contributed by atoms with Crippen LogP contribution >= 0.6 is 31.9 Å². The fourth-order valence-electron chi connectivity index (χ4n) is 4.49. The number of rotatable bonds is 8. The summed E-state index contributed by atoms with van der Waals surface area (Å²) in [7, 11) is 1.46. The molecule has 0 aliphatic carbocycles. The molecule has 9 nitrogen and oxygen atoms in total. The highest BCUT2D eigenvalue weighted by atomic mass is 79.9. The van der Waals surface area contributed by atoms with Crippen LogP contribution in [0, 0.1) is 5.82 Å². The van der Waals surface area contributed by atoms with E-state index in [1.807, 2.05) is 18.2 Å². The predicted molar refractivity (Wildman–Crippen MR) is 173 cm³/mol. The molecule has 0 fully saturated rings. The van der Waals surface area contributed by atoms with E-state index in [4.69, 9.17) is 18.9 Å². The zero-order valence-electron chi connectivity index (χ0n) is 22.9. The number of hydrogen-bond donors (Lipinski definition) is 1. The SMILES string of the molecule is COc1cc(C=Nn2c(-c3cc4cc(Br)ccc4o3)nc3ccccc3c2=O)cc(Br)c1OCC(=O)Nc1cccc(F)c1. The first kappa shape index (κ1) is 29.3. The van der Waals surface area contributed by atoms with Crippen molar-refractivity contribution in [2.45, 2.75) is 0 Å². The summed E-state index contributed by atoms with van der Waals surface area (Å²) in [5.41, 5.74) is 1.64. The van der Waals surface area contributed by atoms with E-state index in [0.29, 0.717) is 43.7 Å². The van der Waals surface area contributed by atoms with Gasteiger partial charge < -0.3 is 19.2 Å². The van der Waals surface area contributed by atoms with Gasteiger partial charge in [0.05, 0.1) is 28.7 Å². The Morgan fingerprint density at radius 2 is 1.91 bits per heavy atom. The molecule has 6 rings (SSSR count). The van der Waals surface area contributed by atoms with Crippen LogP contribution in [-0.4, -0.2) is 35.5 Å². The van der Waals surface area contributed by atoms with Gasteiger partial charge in [-0.25, -0.2) is 9.37 Å². The van der Waals surface area contributed by atoms with Crippen molar-refractivity contribution in [2.75, 3.05) is 19.0 Å². The van der Waals surface area contributed by atoms with Crippen molar-refractivity contribution in [3.8, 4) is 23.1 Å². The monoisotopic (exact) mass is 718 g/mol. The van der Waals surface area contributed by atoms with E-state index in [-0.39, 0.29) is 23.7 Å². The number of para-hydroxylation sites is 1. The average molecular weight is 720 g/mol. The van der Waals surface area contributed by atoms with E-state index < -0.39 is 11.7 Å². The van der Waals surface area contributed by atoms with Crippen LogP contribution in [0.1, 0.15) is 5.56 Å². The summed E-state index contributed by atoms with van der Waals surface area (Å²) in [5.74, 6) is 0.239. The Labute approximate surface area is 266 Å². The molecule has 6 aromatic rings. The van der Waals surface area contributed by atoms with Gasteiger partial charge in [-0.15, -0.1) is 0 Å². The number of methoxy groups -OCH3 is 1. The van der Waals surface area contributed by atoms with Crippen molar-refractivity contribution in [1.82, 2.24) is 9.66 Å². The highest BCUT2D eigenvalue weighted by molar-refractivity contribution is 9.10. The lowest BCUT2D eigenvalue weighted by molar-refractivity contribution is -0.118. The third-order valence-corrected chi connectivity index (χ3v) is 7.56. The van der Waals surface area contributed by atoms with E-state index in [9.17, 15) is 14.0 Å². The second kappa shape index (κ2) is 12.4. The molecule has 0 aliphatic heterocycles. The van der Waals surface area contributed by atoms with Crippen molar-refractivity contribution in [1.29, 1.82) is 0 Å². The van der Waals surface area contributed by atoms with Crippen LogP contribution in [0.3, 0.4) is 0 Å². The lowest BCUT2D eigenvalue weighted by Gasteiger charge is -2.13. The molecule has 0 spiro atoms. The van der Waals surface area contributed by atoms with Gasteiger partial charge in [-0.05, 0) is 88.2 Å². The van der Waals surface area contributed by atoms with Crippen LogP contribution in [-0.2, 0) is 4.79 Å². The maximum absolute atomic E-state index is 13.6. The molecule has 2 aromatic heterocycles. The maximum atomic E-state index is 13.6. The largest absolute Gasteiger partial charge is 0.493 e. The number of aromatic nitrogens is 2. The number of nitrogens with one attached hydrogen (secondary N) is 1. The molecule has 0 bridgehead atoms. The molecule has 0 radical (unpaired) electrons. The smallest absolute Gasteiger partial charge is 0.282 e. The number of benzene rings is 4. The van der Waals surface area contributed by atoms with Crippen molar-refractivity contribution < 1.29 is 23.1 Å². The number of anilines is 1. The summed E-state index contributed by atoms with van der Waals surface area (Å²) in [4.78, 5) is 30.7. The summed E-state index contributed by atoms with van der Waals surface area (Å²) < 4.78 is 33.3. The fraction of sp³-hybridized carbons (Fsp3) is 0.0625. The van der Waals surface area contributed by atoms with Crippen molar-refractivity contribution in [3.63, 3.8) is 0 Å². The number of carbonyl (C=O) groups excluding carboxylic acids is 1. The van der Waals surface area contributed by atoms with E-state index in [0.717, 1.165) is 9.86 Å². The van der Waals surface area contributed by atoms with Gasteiger partial charge in [-0.2, -0.15) is 9.78 Å². The molecule has 0 saturated heterocycles. The Hall–Kier alpha value is -4.81. The molecule has 0 aliphatic rings. The minimum atomic E-state index is -0.483. The zero-order valence-corrected chi connectivity index (χ0v) is 26.1. The third-order valence-electron chi connectivity index (χ3n) is 6.48. The molecule has 2 heterocycles. The number of furan rings is 1. The molecule has 0 saturated carbocycles. The van der Waals surface area contributed by atoms with Gasteiger partial charge in [0, 0.05) is 15.5 Å². The Bertz CT molecular complexity index is 2140. The van der Waals surface area contributed by atoms with E-state index in [1.165, 1.54) is 36.2 Å². The number of halogens is 3. The number of fused-ring (bicyclic) bond motifs is 2. The van der Waals surface area contributed by atoms with Crippen molar-refractivity contribution >= 4 is 71.5 Å². The first-order valence-electron chi connectivity index (χ1n) is 13.1. The van der Waals surface area contributed by atoms with E-state index in [2.05, 4.69) is 42.3 Å². The number of amides is 1. The molecule has 0 unspecified atom stereocenters. The first-order valence-corrected chi connectivity index (χ1v) is 14.7. The molecule has 1 amide bonds. The fourth-order valence-corrected chi connectivity index (χ4v) is 5.45. The molecule has 4 aromatic carbocycles. The van der Waals surface area contributed by atoms with Gasteiger partial charge in [0.2, 0.25) is 5.82 Å². The lowest BCUT2D eigenvalue weighted by Crippen LogP contribution is -2.20. The normalized spacial score (nSPS) is 11.4. The number of carbonyl (C=O) groups is 1. The highest BCUT2D eigenvalue weighted by Gasteiger charge is 2.18. The topological polar surface area (TPSA) is 108 Å². The van der Waals surface area contributed by atoms with Crippen LogP contribution in [0.5, 0.6) is 11.5 Å². The van der Waals surface area contributed by atoms with Gasteiger partial charge >= 0.3 is 0 Å². The number of hydrogen-bond acceptors (Lipinski definition) is 7. The zero-order chi connectivity index (χ0) is 30.8. The molecule has 0 atom stereocenters. The van der Waals surface area contributed by atoms with Gasteiger partial charge in [0.1, 0.15) is 11.4 Å². The predicted octanol–water partition coefficient (Wildman–Crippen LogP) is 7.38. The third kappa shape index (κ3) is 6.12. The quantitative estimate of drug-likeness (QED) is 0.165. The Kier molecular flexibility index (Phi) is 8.27. The van der Waals surface area contributed by atoms with Crippen LogP contribution in [0.15, 0.2) is 108 Å². The van der Waals surface area contributed by atoms with E-state index in [1.54, 1.807) is 48.5 Å². The van der Waals surface area contributed by atoms with Gasteiger partial charge in [0.15, 0.2) is 23.9 Å². The minimum Gasteiger partial charge on any atom is -0.493 e. The Balaban J connectivity index is 1.32. The number of ether oxygens (including phenoxy) is 2. The summed E-state index contributed by atoms with van der Waals surface area (Å²) in [6, 6.07) is 23.3. The highest BCUT2D eigenvalue weighted by Crippen LogP contribution is 2.36. The summed E-state index contributed by atoms with van der Waals surface area (Å²) in [6.07, 6.45) is 1.48. The minimum absolute atomic E-state index is 0.229. The van der Waals surface area contributed by atoms with Crippen LogP contribution < -0.4 is 20.3 Å². The summed E-state index contributed by atoms with van der Waals surface area (Å²) in [5, 5.41) is 8.31. The van der Waals surface area contributed by atoms with E-state index >= 15 is 0 Å². The second-order valence-electron chi connectivity index (χ2n) is 9.49. The molecular formula is C32H21Br2FN4O5. The Morgan fingerprint density at radius 3 is 2.73 bits per heavy atom. The molecular weight excluding hydrogens is 699 g/mol. The first-order chi connectivity index (χ1) is 21.3. The lowest BCUT2D eigenvalue weighted by atomic mass is 10.2. The summed E-state index contributed by atoms with van der Waals surface area (Å²) in [6.45, 7) is -0.353. The molecule has 220 valence electrons. The number of nitrogens with zero attached hydrogens (tertiary/aromatic N) is 3. The average Bonchev–Trinajstić information content (AvgIpc) is 3.43. The summed E-state index contributed by atoms with van der Waals surface area (Å²) >= 11 is 6.94. The van der Waals surface area contributed by atoms with Crippen LogP contribution in [0.25, 0.3) is 33.5 Å². The van der Waals surface area contributed by atoms with Gasteiger partial charge in [0.25, 0.3) is 11.5 Å². The Morgan fingerprint density at radius 1 is 1.07 bits per heavy atom. The van der Waals surface area contributed by atoms with Gasteiger partial charge in [-0.3, -0.25) is 9.59 Å². The standard InChI is InChI=1S/C32H21Br2FN4O5/c1-42-27-12-18(11-24(34)30(27)43-17-29(40)37-22-6-4-5-21(35)15-22)16-36-39-31(38-25-8-3-2-7-23(25)32(39)41)28-14-19-13-20(33)9-10-26(19)44-28/h2-16H,17H2,1H3,(H,37,40). The van der Waals surface area contributed by atoms with Crippen molar-refractivity contribution in [2.24, 2.45) is 5.10 Å². The van der Waals surface area contributed by atoms with Crippen molar-refractivity contribution in [3.05, 3.63) is 116 Å². The second-order valence-corrected chi connectivity index (χ2v) is 11.3. The van der Waals surface area contributed by atoms with Crippen LogP contribution in [0.2, 0.25) is 0 Å². The molecule has 44 heavy (non-hydrogen) atoms. The maximum Gasteiger partial charge on any atom is 0.282 e. The molecule has 1 N–H and O–H groups in total. The van der Waals surface area contributed by atoms with Crippen LogP contribution in [0.4, 0.5) is 10.1 Å². The van der Waals surface area contributed by atoms with Gasteiger partial charge in [-0.1, -0.05) is 34.1 Å². The molecule has 12 heteroatoms.